The van der Waals surface area contributed by atoms with Gasteiger partial charge in [-0.25, -0.2) is 0 Å². The first-order valence-corrected chi connectivity index (χ1v) is 7.45. The van der Waals surface area contributed by atoms with Crippen molar-refractivity contribution in [3.8, 4) is 5.75 Å². The van der Waals surface area contributed by atoms with E-state index in [1.807, 2.05) is 42.5 Å². The van der Waals surface area contributed by atoms with Gasteiger partial charge in [0, 0.05) is 12.8 Å². The van der Waals surface area contributed by atoms with Gasteiger partial charge in [0.15, 0.2) is 0 Å². The van der Waals surface area contributed by atoms with Crippen molar-refractivity contribution >= 4 is 5.69 Å². The number of ether oxygens (including phenoxy) is 2. The number of benzene rings is 2. The van der Waals surface area contributed by atoms with E-state index in [9.17, 15) is 0 Å². The predicted molar refractivity (Wildman–Crippen MR) is 88.5 cm³/mol. The van der Waals surface area contributed by atoms with Crippen LogP contribution in [0.1, 0.15) is 5.56 Å². The second-order valence-electron chi connectivity index (χ2n) is 5.08. The maximum atomic E-state index is 8.75. The van der Waals surface area contributed by atoms with Crippen molar-refractivity contribution in [3.05, 3.63) is 60.2 Å². The molecule has 0 spiro atoms. The average molecular weight is 301 g/mol. The molecule has 2 aromatic rings. The van der Waals surface area contributed by atoms with E-state index in [4.69, 9.17) is 14.6 Å². The molecule has 2 aromatic carbocycles. The molecule has 0 radical (unpaired) electrons. The highest BCUT2D eigenvalue weighted by atomic mass is 16.5. The first-order valence-electron chi connectivity index (χ1n) is 7.45. The third-order valence-corrected chi connectivity index (χ3v) is 3.28. The minimum absolute atomic E-state index is 0.0208. The molecule has 0 saturated heterocycles. The van der Waals surface area contributed by atoms with Crippen molar-refractivity contribution in [1.29, 1.82) is 0 Å². The van der Waals surface area contributed by atoms with Crippen LogP contribution in [-0.4, -0.2) is 38.1 Å². The topological polar surface area (TPSA) is 50.7 Å². The summed E-state index contributed by atoms with van der Waals surface area (Å²) in [5.41, 5.74) is 2.30. The average Bonchev–Trinajstić information content (AvgIpc) is 2.55. The molecule has 4 nitrogen and oxygen atoms in total. The Bertz CT molecular complexity index is 528. The predicted octanol–water partition coefficient (Wildman–Crippen LogP) is 2.73. The lowest BCUT2D eigenvalue weighted by Gasteiger charge is -2.19. The second-order valence-corrected chi connectivity index (χ2v) is 5.08. The number of hydrogen-bond donors (Lipinski definition) is 2. The highest BCUT2D eigenvalue weighted by Crippen LogP contribution is 2.17. The van der Waals surface area contributed by atoms with Crippen LogP contribution in [-0.2, 0) is 11.2 Å². The molecule has 2 rings (SSSR count). The summed E-state index contributed by atoms with van der Waals surface area (Å²) < 4.78 is 10.7. The van der Waals surface area contributed by atoms with Gasteiger partial charge in [0.1, 0.15) is 12.4 Å². The summed E-state index contributed by atoms with van der Waals surface area (Å²) in [6.45, 7) is 0.970. The molecule has 0 saturated carbocycles. The fourth-order valence-electron chi connectivity index (χ4n) is 2.30. The van der Waals surface area contributed by atoms with Crippen LogP contribution in [0.5, 0.6) is 5.75 Å². The van der Waals surface area contributed by atoms with Crippen LogP contribution in [0.2, 0.25) is 0 Å². The van der Waals surface area contributed by atoms with Crippen LogP contribution in [0.25, 0.3) is 0 Å². The van der Waals surface area contributed by atoms with E-state index in [1.165, 1.54) is 5.56 Å². The third-order valence-electron chi connectivity index (χ3n) is 3.28. The molecule has 22 heavy (non-hydrogen) atoms. The van der Waals surface area contributed by atoms with Crippen LogP contribution in [0, 0.1) is 0 Å². The summed E-state index contributed by atoms with van der Waals surface area (Å²) in [6.07, 6.45) is 0.900. The summed E-state index contributed by atoms with van der Waals surface area (Å²) in [5.74, 6) is 0.756. The molecule has 4 heteroatoms. The van der Waals surface area contributed by atoms with Crippen molar-refractivity contribution in [2.45, 2.75) is 12.5 Å². The van der Waals surface area contributed by atoms with E-state index < -0.39 is 0 Å². The molecule has 0 aliphatic heterocycles. The number of aliphatic hydroxyl groups is 1. The van der Waals surface area contributed by atoms with E-state index in [0.29, 0.717) is 13.2 Å². The second kappa shape index (κ2) is 9.07. The van der Waals surface area contributed by atoms with Gasteiger partial charge in [0.05, 0.1) is 19.3 Å². The Kier molecular flexibility index (Phi) is 6.74. The van der Waals surface area contributed by atoms with Crippen molar-refractivity contribution in [2.75, 3.05) is 32.2 Å². The Labute approximate surface area is 131 Å². The molecular formula is C18H23NO3. The van der Waals surface area contributed by atoms with Crippen LogP contribution >= 0.6 is 0 Å². The van der Waals surface area contributed by atoms with Crippen LogP contribution in [0.4, 0.5) is 5.69 Å². The summed E-state index contributed by atoms with van der Waals surface area (Å²) in [4.78, 5) is 0. The molecule has 0 heterocycles. The Morgan fingerprint density at radius 3 is 2.41 bits per heavy atom. The molecule has 0 amide bonds. The lowest BCUT2D eigenvalue weighted by Crippen LogP contribution is -2.27. The normalized spacial score (nSPS) is 11.9. The van der Waals surface area contributed by atoms with Crippen molar-refractivity contribution < 1.29 is 14.6 Å². The quantitative estimate of drug-likeness (QED) is 0.748. The lowest BCUT2D eigenvalue weighted by molar-refractivity contribution is 0.185. The van der Waals surface area contributed by atoms with E-state index in [0.717, 1.165) is 17.9 Å². The Morgan fingerprint density at radius 1 is 1.05 bits per heavy atom. The molecule has 0 aliphatic carbocycles. The first-order chi connectivity index (χ1) is 10.8. The van der Waals surface area contributed by atoms with Crippen molar-refractivity contribution in [3.63, 3.8) is 0 Å². The van der Waals surface area contributed by atoms with Gasteiger partial charge < -0.3 is 19.9 Å². The minimum atomic E-state index is 0.0208. The van der Waals surface area contributed by atoms with E-state index >= 15 is 0 Å². The number of methoxy groups -OCH3 is 1. The highest BCUT2D eigenvalue weighted by Gasteiger charge is 2.09. The third kappa shape index (κ3) is 5.39. The number of hydrogen-bond acceptors (Lipinski definition) is 4. The maximum Gasteiger partial charge on any atom is 0.119 e. The molecule has 2 N–H and O–H groups in total. The fraction of sp³-hybridized carbons (Fsp3) is 0.333. The van der Waals surface area contributed by atoms with Gasteiger partial charge in [-0.1, -0.05) is 30.3 Å². The number of rotatable bonds is 9. The van der Waals surface area contributed by atoms with Gasteiger partial charge >= 0.3 is 0 Å². The van der Waals surface area contributed by atoms with Gasteiger partial charge in [0.25, 0.3) is 0 Å². The Balaban J connectivity index is 1.95. The van der Waals surface area contributed by atoms with Crippen LogP contribution < -0.4 is 10.1 Å². The summed E-state index contributed by atoms with van der Waals surface area (Å²) in [5, 5.41) is 12.2. The summed E-state index contributed by atoms with van der Waals surface area (Å²) in [7, 11) is 1.71. The van der Waals surface area contributed by atoms with Gasteiger partial charge in [-0.2, -0.15) is 0 Å². The SMILES string of the molecule is COCC(Cc1ccccc1)Nc1ccc(OCCO)cc1. The zero-order valence-corrected chi connectivity index (χ0v) is 12.9. The zero-order chi connectivity index (χ0) is 15.6. The monoisotopic (exact) mass is 301 g/mol. The van der Waals surface area contributed by atoms with Gasteiger partial charge in [-0.3, -0.25) is 0 Å². The van der Waals surface area contributed by atoms with Crippen molar-refractivity contribution in [2.24, 2.45) is 0 Å². The Hall–Kier alpha value is -2.04. The molecule has 0 aliphatic rings. The molecular weight excluding hydrogens is 278 g/mol. The summed E-state index contributed by atoms with van der Waals surface area (Å²) >= 11 is 0. The zero-order valence-electron chi connectivity index (χ0n) is 12.9. The maximum absolute atomic E-state index is 8.75. The molecule has 1 unspecified atom stereocenters. The smallest absolute Gasteiger partial charge is 0.119 e. The molecule has 1 atom stereocenters. The molecule has 118 valence electrons. The highest BCUT2D eigenvalue weighted by molar-refractivity contribution is 5.47. The van der Waals surface area contributed by atoms with E-state index in [-0.39, 0.29) is 12.6 Å². The number of aliphatic hydroxyl groups excluding tert-OH is 1. The number of anilines is 1. The summed E-state index contributed by atoms with van der Waals surface area (Å²) in [6, 6.07) is 18.3. The van der Waals surface area contributed by atoms with Crippen molar-refractivity contribution in [1.82, 2.24) is 0 Å². The largest absolute Gasteiger partial charge is 0.491 e. The Morgan fingerprint density at radius 2 is 1.77 bits per heavy atom. The lowest BCUT2D eigenvalue weighted by atomic mass is 10.1. The first kappa shape index (κ1) is 16.3. The fourth-order valence-corrected chi connectivity index (χ4v) is 2.30. The van der Waals surface area contributed by atoms with Gasteiger partial charge in [0.2, 0.25) is 0 Å². The number of nitrogens with one attached hydrogen (secondary N) is 1. The molecule has 0 fully saturated rings. The van der Waals surface area contributed by atoms with E-state index in [1.54, 1.807) is 7.11 Å². The standard InChI is InChI=1S/C18H23NO3/c1-21-14-17(13-15-5-3-2-4-6-15)19-16-7-9-18(10-8-16)22-12-11-20/h2-10,17,19-20H,11-14H2,1H3. The molecule has 0 aromatic heterocycles. The molecule has 0 bridgehead atoms. The van der Waals surface area contributed by atoms with Gasteiger partial charge in [-0.15, -0.1) is 0 Å². The van der Waals surface area contributed by atoms with Crippen LogP contribution in [0.15, 0.2) is 54.6 Å². The van der Waals surface area contributed by atoms with E-state index in [2.05, 4.69) is 17.4 Å². The minimum Gasteiger partial charge on any atom is -0.491 e. The van der Waals surface area contributed by atoms with Crippen LogP contribution in [0.3, 0.4) is 0 Å². The van der Waals surface area contributed by atoms with Gasteiger partial charge in [-0.05, 0) is 36.2 Å².